The second-order valence-corrected chi connectivity index (χ2v) is 4.14. The lowest BCUT2D eigenvalue weighted by atomic mass is 9.81. The quantitative estimate of drug-likeness (QED) is 0.677. The van der Waals surface area contributed by atoms with E-state index in [4.69, 9.17) is 0 Å². The van der Waals surface area contributed by atoms with Crippen LogP contribution in [0.25, 0.3) is 0 Å². The standard InChI is InChI=1S/C12H15NO/c1-8-6-13-7-11-4-3-10(9(2)14)5-12(8)11/h6-7,10H,3-5H2,1-2H3. The zero-order valence-electron chi connectivity index (χ0n) is 8.71. The van der Waals surface area contributed by atoms with Crippen LogP contribution in [0, 0.1) is 12.8 Å². The fourth-order valence-corrected chi connectivity index (χ4v) is 2.18. The molecule has 0 saturated heterocycles. The van der Waals surface area contributed by atoms with Crippen molar-refractivity contribution in [1.29, 1.82) is 0 Å². The van der Waals surface area contributed by atoms with Gasteiger partial charge in [-0.15, -0.1) is 0 Å². The summed E-state index contributed by atoms with van der Waals surface area (Å²) in [7, 11) is 0. The fraction of sp³-hybridized carbons (Fsp3) is 0.500. The Labute approximate surface area is 84.4 Å². The Bertz CT molecular complexity index is 371. The molecule has 1 aromatic rings. The molecule has 0 aromatic carbocycles. The van der Waals surface area contributed by atoms with Gasteiger partial charge in [-0.2, -0.15) is 0 Å². The minimum Gasteiger partial charge on any atom is -0.300 e. The van der Waals surface area contributed by atoms with E-state index >= 15 is 0 Å². The molecule has 1 aromatic heterocycles. The van der Waals surface area contributed by atoms with Gasteiger partial charge in [-0.1, -0.05) is 0 Å². The van der Waals surface area contributed by atoms with E-state index in [-0.39, 0.29) is 5.92 Å². The summed E-state index contributed by atoms with van der Waals surface area (Å²) in [4.78, 5) is 15.5. The Hall–Kier alpha value is -1.18. The van der Waals surface area contributed by atoms with Gasteiger partial charge in [-0.3, -0.25) is 9.78 Å². The van der Waals surface area contributed by atoms with E-state index in [1.807, 2.05) is 12.4 Å². The van der Waals surface area contributed by atoms with Gasteiger partial charge in [0.15, 0.2) is 0 Å². The smallest absolute Gasteiger partial charge is 0.133 e. The third-order valence-corrected chi connectivity index (χ3v) is 3.15. The minimum absolute atomic E-state index is 0.239. The van der Waals surface area contributed by atoms with E-state index in [1.165, 1.54) is 16.7 Å². The van der Waals surface area contributed by atoms with Crippen molar-refractivity contribution in [3.8, 4) is 0 Å². The van der Waals surface area contributed by atoms with Gasteiger partial charge in [-0.25, -0.2) is 0 Å². The van der Waals surface area contributed by atoms with Crippen LogP contribution < -0.4 is 0 Å². The largest absolute Gasteiger partial charge is 0.300 e. The number of carbonyl (C=O) groups excluding carboxylic acids is 1. The van der Waals surface area contributed by atoms with Crippen molar-refractivity contribution in [2.24, 2.45) is 5.92 Å². The van der Waals surface area contributed by atoms with Crippen LogP contribution in [0.2, 0.25) is 0 Å². The highest BCUT2D eigenvalue weighted by Gasteiger charge is 2.22. The lowest BCUT2D eigenvalue weighted by molar-refractivity contribution is -0.121. The van der Waals surface area contributed by atoms with E-state index in [1.54, 1.807) is 6.92 Å². The van der Waals surface area contributed by atoms with Crippen molar-refractivity contribution < 1.29 is 4.79 Å². The second-order valence-electron chi connectivity index (χ2n) is 4.14. The Morgan fingerprint density at radius 1 is 1.50 bits per heavy atom. The molecule has 1 aliphatic rings. The van der Waals surface area contributed by atoms with Crippen LogP contribution in [0.3, 0.4) is 0 Å². The summed E-state index contributed by atoms with van der Waals surface area (Å²) in [5, 5.41) is 0. The molecule has 0 radical (unpaired) electrons. The van der Waals surface area contributed by atoms with Crippen LogP contribution in [-0.2, 0) is 17.6 Å². The number of rotatable bonds is 1. The van der Waals surface area contributed by atoms with Crippen LogP contribution in [0.4, 0.5) is 0 Å². The highest BCUT2D eigenvalue weighted by Crippen LogP contribution is 2.27. The third-order valence-electron chi connectivity index (χ3n) is 3.15. The maximum absolute atomic E-state index is 11.3. The van der Waals surface area contributed by atoms with Crippen molar-refractivity contribution in [2.45, 2.75) is 33.1 Å². The zero-order valence-corrected chi connectivity index (χ0v) is 8.71. The molecule has 0 bridgehead atoms. The Morgan fingerprint density at radius 2 is 2.29 bits per heavy atom. The molecular formula is C12H15NO. The molecule has 1 unspecified atom stereocenters. The molecule has 1 atom stereocenters. The molecule has 2 nitrogen and oxygen atoms in total. The lowest BCUT2D eigenvalue weighted by Gasteiger charge is -2.23. The van der Waals surface area contributed by atoms with Crippen LogP contribution in [0.1, 0.15) is 30.0 Å². The highest BCUT2D eigenvalue weighted by molar-refractivity contribution is 5.79. The summed E-state index contributed by atoms with van der Waals surface area (Å²) in [6, 6.07) is 0. The summed E-state index contributed by atoms with van der Waals surface area (Å²) in [6.07, 6.45) is 6.75. The summed E-state index contributed by atoms with van der Waals surface area (Å²) in [5.41, 5.74) is 3.92. The Morgan fingerprint density at radius 3 is 3.00 bits per heavy atom. The van der Waals surface area contributed by atoms with Gasteiger partial charge in [-0.05, 0) is 49.8 Å². The van der Waals surface area contributed by atoms with Crippen molar-refractivity contribution in [3.05, 3.63) is 29.1 Å². The van der Waals surface area contributed by atoms with Gasteiger partial charge < -0.3 is 0 Å². The maximum Gasteiger partial charge on any atom is 0.133 e. The molecule has 0 amide bonds. The van der Waals surface area contributed by atoms with E-state index in [2.05, 4.69) is 11.9 Å². The average molecular weight is 189 g/mol. The van der Waals surface area contributed by atoms with Crippen molar-refractivity contribution in [2.75, 3.05) is 0 Å². The number of carbonyl (C=O) groups is 1. The molecule has 0 N–H and O–H groups in total. The predicted molar refractivity (Wildman–Crippen MR) is 55.2 cm³/mol. The zero-order chi connectivity index (χ0) is 10.1. The number of nitrogens with zero attached hydrogens (tertiary/aromatic N) is 1. The second kappa shape index (κ2) is 3.52. The van der Waals surface area contributed by atoms with Crippen LogP contribution >= 0.6 is 0 Å². The van der Waals surface area contributed by atoms with Crippen LogP contribution in [0.5, 0.6) is 0 Å². The number of hydrogen-bond donors (Lipinski definition) is 0. The molecule has 2 rings (SSSR count). The number of Topliss-reactive ketones (excluding diaryl/α,β-unsaturated/α-hetero) is 1. The molecular weight excluding hydrogens is 174 g/mol. The maximum atomic E-state index is 11.3. The average Bonchev–Trinajstić information content (AvgIpc) is 2.18. The number of ketones is 1. The molecule has 14 heavy (non-hydrogen) atoms. The molecule has 0 spiro atoms. The SMILES string of the molecule is CC(=O)C1CCc2cncc(C)c2C1. The number of hydrogen-bond acceptors (Lipinski definition) is 2. The van der Waals surface area contributed by atoms with E-state index in [9.17, 15) is 4.79 Å². The molecule has 0 fully saturated rings. The van der Waals surface area contributed by atoms with Gasteiger partial charge in [0.2, 0.25) is 0 Å². The number of aromatic nitrogens is 1. The summed E-state index contributed by atoms with van der Waals surface area (Å²) in [5.74, 6) is 0.565. The van der Waals surface area contributed by atoms with Gasteiger partial charge in [0.05, 0.1) is 0 Å². The monoisotopic (exact) mass is 189 g/mol. The fourth-order valence-electron chi connectivity index (χ4n) is 2.18. The van der Waals surface area contributed by atoms with E-state index < -0.39 is 0 Å². The van der Waals surface area contributed by atoms with Crippen molar-refractivity contribution >= 4 is 5.78 Å². The van der Waals surface area contributed by atoms with Crippen molar-refractivity contribution in [1.82, 2.24) is 4.98 Å². The van der Waals surface area contributed by atoms with Gasteiger partial charge in [0.25, 0.3) is 0 Å². The normalized spacial score (nSPS) is 20.3. The lowest BCUT2D eigenvalue weighted by Crippen LogP contribution is -2.21. The first kappa shape index (κ1) is 9.38. The molecule has 0 aliphatic heterocycles. The van der Waals surface area contributed by atoms with Crippen LogP contribution in [0.15, 0.2) is 12.4 Å². The topological polar surface area (TPSA) is 30.0 Å². The first-order valence-corrected chi connectivity index (χ1v) is 5.11. The van der Waals surface area contributed by atoms with E-state index in [0.717, 1.165) is 19.3 Å². The predicted octanol–water partition coefficient (Wildman–Crippen LogP) is 2.08. The van der Waals surface area contributed by atoms with Crippen molar-refractivity contribution in [3.63, 3.8) is 0 Å². The molecule has 1 aliphatic carbocycles. The summed E-state index contributed by atoms with van der Waals surface area (Å²) in [6.45, 7) is 3.78. The van der Waals surface area contributed by atoms with Gasteiger partial charge in [0, 0.05) is 18.3 Å². The Balaban J connectivity index is 2.33. The number of pyridine rings is 1. The first-order valence-electron chi connectivity index (χ1n) is 5.11. The highest BCUT2D eigenvalue weighted by atomic mass is 16.1. The first-order chi connectivity index (χ1) is 6.68. The third kappa shape index (κ3) is 1.57. The molecule has 2 heteroatoms. The van der Waals surface area contributed by atoms with Gasteiger partial charge >= 0.3 is 0 Å². The van der Waals surface area contributed by atoms with Crippen LogP contribution in [-0.4, -0.2) is 10.8 Å². The molecule has 0 saturated carbocycles. The minimum atomic E-state index is 0.239. The number of fused-ring (bicyclic) bond motifs is 1. The summed E-state index contributed by atoms with van der Waals surface area (Å²) < 4.78 is 0. The van der Waals surface area contributed by atoms with Gasteiger partial charge in [0.1, 0.15) is 5.78 Å². The molecule has 74 valence electrons. The number of aryl methyl sites for hydroxylation is 2. The molecule has 1 heterocycles. The Kier molecular flexibility index (Phi) is 2.36. The summed E-state index contributed by atoms with van der Waals surface area (Å²) >= 11 is 0. The van der Waals surface area contributed by atoms with E-state index in [0.29, 0.717) is 5.78 Å².